The first-order valence-corrected chi connectivity index (χ1v) is 9.57. The molecule has 0 fully saturated rings. The molecule has 0 amide bonds. The van der Waals surface area contributed by atoms with E-state index in [-0.39, 0.29) is 21.5 Å². The van der Waals surface area contributed by atoms with Crippen LogP contribution in [0.15, 0.2) is 44.1 Å². The average Bonchev–Trinajstić information content (AvgIpc) is 2.93. The second-order valence-electron chi connectivity index (χ2n) is 5.16. The van der Waals surface area contributed by atoms with Crippen LogP contribution in [0, 0.1) is 6.92 Å². The maximum Gasteiger partial charge on any atom is 0.338 e. The Morgan fingerprint density at radius 2 is 2.04 bits per heavy atom. The molecule has 6 nitrogen and oxygen atoms in total. The van der Waals surface area contributed by atoms with Crippen LogP contribution in [0.3, 0.4) is 0 Å². The quantitative estimate of drug-likeness (QED) is 0.728. The van der Waals surface area contributed by atoms with Crippen LogP contribution in [-0.4, -0.2) is 21.0 Å². The van der Waals surface area contributed by atoms with Gasteiger partial charge in [0.15, 0.2) is 0 Å². The molecule has 1 aromatic heterocycles. The number of benzene rings is 1. The van der Waals surface area contributed by atoms with Gasteiger partial charge in [0.25, 0.3) is 0 Å². The van der Waals surface area contributed by atoms with Crippen molar-refractivity contribution in [1.29, 1.82) is 0 Å². The molecule has 24 heavy (non-hydrogen) atoms. The van der Waals surface area contributed by atoms with E-state index in [1.807, 2.05) is 0 Å². The number of ether oxygens (including phenoxy) is 1. The summed E-state index contributed by atoms with van der Waals surface area (Å²) in [5.74, 6) is 0.723. The number of esters is 1. The highest BCUT2D eigenvalue weighted by atomic mass is 79.9. The lowest BCUT2D eigenvalue weighted by molar-refractivity contribution is 0.0526. The number of carbonyl (C=O) groups excluding carboxylic acids is 1. The lowest BCUT2D eigenvalue weighted by Gasteiger charge is -2.14. The molecule has 8 heteroatoms. The summed E-state index contributed by atoms with van der Waals surface area (Å²) in [6.45, 7) is 5.43. The summed E-state index contributed by atoms with van der Waals surface area (Å²) in [5, 5.41) is 0. The zero-order chi connectivity index (χ0) is 17.9. The molecule has 0 bridgehead atoms. The third kappa shape index (κ3) is 4.25. The summed E-state index contributed by atoms with van der Waals surface area (Å²) in [7, 11) is -3.79. The Kier molecular flexibility index (Phi) is 5.84. The molecule has 1 N–H and O–H groups in total. The van der Waals surface area contributed by atoms with E-state index in [0.717, 1.165) is 0 Å². The van der Waals surface area contributed by atoms with Gasteiger partial charge in [-0.1, -0.05) is 0 Å². The highest BCUT2D eigenvalue weighted by Crippen LogP contribution is 2.26. The highest BCUT2D eigenvalue weighted by molar-refractivity contribution is 9.10. The van der Waals surface area contributed by atoms with E-state index in [0.29, 0.717) is 11.5 Å². The minimum atomic E-state index is -3.79. The predicted molar refractivity (Wildman–Crippen MR) is 92.3 cm³/mol. The Balaban J connectivity index is 2.24. The van der Waals surface area contributed by atoms with Gasteiger partial charge in [-0.3, -0.25) is 0 Å². The Hall–Kier alpha value is -1.64. The van der Waals surface area contributed by atoms with Gasteiger partial charge in [-0.15, -0.1) is 0 Å². The van der Waals surface area contributed by atoms with Crippen molar-refractivity contribution in [2.75, 3.05) is 6.61 Å². The maximum absolute atomic E-state index is 12.6. The van der Waals surface area contributed by atoms with Gasteiger partial charge in [0.2, 0.25) is 10.0 Å². The zero-order valence-electron chi connectivity index (χ0n) is 13.5. The fourth-order valence-corrected chi connectivity index (χ4v) is 4.39. The van der Waals surface area contributed by atoms with E-state index in [1.165, 1.54) is 18.2 Å². The highest BCUT2D eigenvalue weighted by Gasteiger charge is 2.23. The lowest BCUT2D eigenvalue weighted by atomic mass is 10.2. The maximum atomic E-state index is 12.6. The summed E-state index contributed by atoms with van der Waals surface area (Å²) in [4.78, 5) is 11.7. The van der Waals surface area contributed by atoms with Crippen molar-refractivity contribution in [2.24, 2.45) is 0 Å². The summed E-state index contributed by atoms with van der Waals surface area (Å²) in [6, 6.07) is 7.16. The summed E-state index contributed by atoms with van der Waals surface area (Å²) >= 11 is 3.20. The second-order valence-corrected chi connectivity index (χ2v) is 7.69. The second kappa shape index (κ2) is 7.50. The van der Waals surface area contributed by atoms with Gasteiger partial charge in [-0.25, -0.2) is 17.9 Å². The monoisotopic (exact) mass is 415 g/mol. The van der Waals surface area contributed by atoms with Gasteiger partial charge in [-0.05, 0) is 67.0 Å². The average molecular weight is 416 g/mol. The summed E-state index contributed by atoms with van der Waals surface area (Å²) in [6.07, 6.45) is 0. The number of hydrogen-bond acceptors (Lipinski definition) is 5. The molecule has 1 unspecified atom stereocenters. The van der Waals surface area contributed by atoms with Crippen molar-refractivity contribution in [1.82, 2.24) is 4.72 Å². The minimum absolute atomic E-state index is 0.0330. The number of sulfonamides is 1. The molecule has 0 spiro atoms. The summed E-state index contributed by atoms with van der Waals surface area (Å²) < 4.78 is 38.3. The van der Waals surface area contributed by atoms with E-state index in [4.69, 9.17) is 9.15 Å². The van der Waals surface area contributed by atoms with Gasteiger partial charge in [0.1, 0.15) is 11.5 Å². The molecule has 0 saturated carbocycles. The van der Waals surface area contributed by atoms with Crippen LogP contribution >= 0.6 is 15.9 Å². The fourth-order valence-electron chi connectivity index (χ4n) is 2.10. The van der Waals surface area contributed by atoms with Crippen LogP contribution in [0.4, 0.5) is 0 Å². The topological polar surface area (TPSA) is 85.6 Å². The fraction of sp³-hybridized carbons (Fsp3) is 0.312. The first-order chi connectivity index (χ1) is 11.2. The number of hydrogen-bond donors (Lipinski definition) is 1. The molecule has 0 aliphatic heterocycles. The molecule has 0 aliphatic carbocycles. The van der Waals surface area contributed by atoms with Crippen LogP contribution in [0.1, 0.15) is 41.8 Å². The van der Waals surface area contributed by atoms with Gasteiger partial charge in [0.05, 0.1) is 23.1 Å². The van der Waals surface area contributed by atoms with Gasteiger partial charge < -0.3 is 9.15 Å². The van der Waals surface area contributed by atoms with Crippen molar-refractivity contribution in [3.8, 4) is 0 Å². The largest absolute Gasteiger partial charge is 0.465 e. The molecule has 2 rings (SSSR count). The van der Waals surface area contributed by atoms with E-state index >= 15 is 0 Å². The third-order valence-corrected chi connectivity index (χ3v) is 5.77. The number of rotatable bonds is 6. The SMILES string of the molecule is CCOC(=O)c1ccc(S(=O)(=O)NC(C)c2ccc(C)o2)c(Br)c1. The first kappa shape index (κ1) is 18.7. The molecule has 2 aromatic rings. The van der Waals surface area contributed by atoms with E-state index in [2.05, 4.69) is 20.7 Å². The Labute approximate surface area is 149 Å². The first-order valence-electron chi connectivity index (χ1n) is 7.30. The zero-order valence-corrected chi connectivity index (χ0v) is 15.9. The molecular weight excluding hydrogens is 398 g/mol. The number of nitrogens with one attached hydrogen (secondary N) is 1. The number of carbonyl (C=O) groups is 1. The predicted octanol–water partition coefficient (Wildman–Crippen LogP) is 3.57. The smallest absolute Gasteiger partial charge is 0.338 e. The van der Waals surface area contributed by atoms with Crippen molar-refractivity contribution in [3.63, 3.8) is 0 Å². The Morgan fingerprint density at radius 3 is 2.58 bits per heavy atom. The molecule has 1 aromatic carbocycles. The molecule has 0 radical (unpaired) electrons. The molecule has 1 atom stereocenters. The Bertz CT molecular complexity index is 844. The number of aryl methyl sites for hydroxylation is 1. The van der Waals surface area contributed by atoms with Gasteiger partial charge >= 0.3 is 5.97 Å². The third-order valence-electron chi connectivity index (χ3n) is 3.25. The number of furan rings is 1. The summed E-state index contributed by atoms with van der Waals surface area (Å²) in [5.41, 5.74) is 0.275. The van der Waals surface area contributed by atoms with Crippen molar-refractivity contribution in [3.05, 3.63) is 51.9 Å². The van der Waals surface area contributed by atoms with Gasteiger partial charge in [0, 0.05) is 4.47 Å². The van der Waals surface area contributed by atoms with Crippen LogP contribution < -0.4 is 4.72 Å². The minimum Gasteiger partial charge on any atom is -0.465 e. The van der Waals surface area contributed by atoms with E-state index < -0.39 is 22.0 Å². The van der Waals surface area contributed by atoms with Crippen molar-refractivity contribution >= 4 is 31.9 Å². The van der Waals surface area contributed by atoms with Crippen molar-refractivity contribution in [2.45, 2.75) is 31.7 Å². The van der Waals surface area contributed by atoms with Crippen LogP contribution in [0.25, 0.3) is 0 Å². The Morgan fingerprint density at radius 1 is 1.33 bits per heavy atom. The van der Waals surface area contributed by atoms with Crippen LogP contribution in [0.2, 0.25) is 0 Å². The van der Waals surface area contributed by atoms with E-state index in [1.54, 1.807) is 32.9 Å². The van der Waals surface area contributed by atoms with Crippen LogP contribution in [-0.2, 0) is 14.8 Å². The number of halogens is 1. The van der Waals surface area contributed by atoms with Crippen molar-refractivity contribution < 1.29 is 22.4 Å². The standard InChI is InChI=1S/C16H18BrNO5S/c1-4-22-16(19)12-6-8-15(13(17)9-12)24(20,21)18-11(3)14-7-5-10(2)23-14/h5-9,11,18H,4H2,1-3H3. The molecule has 0 aliphatic rings. The molecular formula is C16H18BrNO5S. The van der Waals surface area contributed by atoms with E-state index in [9.17, 15) is 13.2 Å². The van der Waals surface area contributed by atoms with Gasteiger partial charge in [-0.2, -0.15) is 0 Å². The normalized spacial score (nSPS) is 12.8. The lowest BCUT2D eigenvalue weighted by Crippen LogP contribution is -2.27. The molecule has 130 valence electrons. The molecule has 1 heterocycles. The molecule has 0 saturated heterocycles. The van der Waals surface area contributed by atoms with Crippen LogP contribution in [0.5, 0.6) is 0 Å².